The molecule has 0 saturated heterocycles. The number of benzene rings is 1. The van der Waals surface area contributed by atoms with Gasteiger partial charge in [0, 0.05) is 18.2 Å². The maximum atomic E-state index is 13.9. The third-order valence-corrected chi connectivity index (χ3v) is 5.06. The minimum Gasteiger partial charge on any atom is -0.330 e. The van der Waals surface area contributed by atoms with E-state index in [1.54, 1.807) is 0 Å². The third kappa shape index (κ3) is 2.51. The molecule has 0 aliphatic heterocycles. The van der Waals surface area contributed by atoms with Crippen LogP contribution in [0.1, 0.15) is 31.2 Å². The summed E-state index contributed by atoms with van der Waals surface area (Å²) in [6.07, 6.45) is 4.28. The van der Waals surface area contributed by atoms with Crippen LogP contribution >= 0.6 is 0 Å². The Balaban J connectivity index is 2.57. The molecule has 0 atom stereocenters. The smallest absolute Gasteiger partial charge is 0.181 e. The molecule has 1 aromatic carbocycles. The maximum Gasteiger partial charge on any atom is 0.181 e. The first-order valence-corrected chi connectivity index (χ1v) is 8.09. The maximum absolute atomic E-state index is 13.9. The zero-order chi connectivity index (χ0) is 14.3. The van der Waals surface area contributed by atoms with Crippen LogP contribution in [0, 0.1) is 11.6 Å². The molecule has 1 aliphatic rings. The zero-order valence-electron chi connectivity index (χ0n) is 10.7. The highest BCUT2D eigenvalue weighted by molar-refractivity contribution is 7.90. The van der Waals surface area contributed by atoms with Crippen LogP contribution in [0.2, 0.25) is 0 Å². The molecule has 0 radical (unpaired) electrons. The predicted octanol–water partition coefficient (Wildman–Crippen LogP) is 2.14. The lowest BCUT2D eigenvalue weighted by molar-refractivity contribution is 0.439. The van der Waals surface area contributed by atoms with Crippen molar-refractivity contribution in [3.63, 3.8) is 0 Å². The molecule has 0 unspecified atom stereocenters. The van der Waals surface area contributed by atoms with Crippen molar-refractivity contribution in [3.05, 3.63) is 29.3 Å². The van der Waals surface area contributed by atoms with Crippen LogP contribution in [0.5, 0.6) is 0 Å². The normalized spacial score (nSPS) is 18.7. The molecular weight excluding hydrogens is 272 g/mol. The summed E-state index contributed by atoms with van der Waals surface area (Å²) >= 11 is 0. The topological polar surface area (TPSA) is 60.2 Å². The number of sulfone groups is 1. The number of nitrogens with two attached hydrogens (primary N) is 1. The molecule has 0 heterocycles. The van der Waals surface area contributed by atoms with Gasteiger partial charge in [0.15, 0.2) is 9.84 Å². The molecule has 1 fully saturated rings. The first kappa shape index (κ1) is 14.4. The van der Waals surface area contributed by atoms with Gasteiger partial charge in [0.2, 0.25) is 0 Å². The second-order valence-electron chi connectivity index (χ2n) is 5.23. The highest BCUT2D eigenvalue weighted by atomic mass is 32.2. The Morgan fingerprint density at radius 1 is 1.21 bits per heavy atom. The van der Waals surface area contributed by atoms with Crippen molar-refractivity contribution in [3.8, 4) is 0 Å². The standard InChI is InChI=1S/C13H17F2NO2S/c1-19(17,18)12-10(14)6-9(7-11(12)15)13(8-16)4-2-3-5-13/h6-7H,2-5,8,16H2,1H3. The summed E-state index contributed by atoms with van der Waals surface area (Å²) < 4.78 is 50.5. The monoisotopic (exact) mass is 289 g/mol. The average molecular weight is 289 g/mol. The molecule has 0 spiro atoms. The Kier molecular flexibility index (Phi) is 3.66. The first-order valence-electron chi connectivity index (χ1n) is 6.20. The Hall–Kier alpha value is -1.01. The molecule has 1 aliphatic carbocycles. The van der Waals surface area contributed by atoms with Gasteiger partial charge in [0.25, 0.3) is 0 Å². The van der Waals surface area contributed by atoms with E-state index in [-0.39, 0.29) is 0 Å². The lowest BCUT2D eigenvalue weighted by atomic mass is 9.79. The van der Waals surface area contributed by atoms with E-state index < -0.39 is 31.8 Å². The van der Waals surface area contributed by atoms with Crippen molar-refractivity contribution in [2.45, 2.75) is 36.0 Å². The Morgan fingerprint density at radius 2 is 1.68 bits per heavy atom. The minimum atomic E-state index is -3.91. The third-order valence-electron chi connectivity index (χ3n) is 3.93. The van der Waals surface area contributed by atoms with Gasteiger partial charge in [0.1, 0.15) is 16.5 Å². The van der Waals surface area contributed by atoms with Gasteiger partial charge in [-0.2, -0.15) is 0 Å². The summed E-state index contributed by atoms with van der Waals surface area (Å²) in [5.74, 6) is -2.06. The molecule has 106 valence electrons. The summed E-state index contributed by atoms with van der Waals surface area (Å²) in [6.45, 7) is 0.310. The van der Waals surface area contributed by atoms with E-state index >= 15 is 0 Å². The molecule has 6 heteroatoms. The molecule has 1 saturated carbocycles. The summed E-state index contributed by atoms with van der Waals surface area (Å²) in [7, 11) is -3.91. The lowest BCUT2D eigenvalue weighted by Gasteiger charge is -2.28. The number of halogens is 2. The van der Waals surface area contributed by atoms with Gasteiger partial charge in [-0.15, -0.1) is 0 Å². The molecule has 2 N–H and O–H groups in total. The highest BCUT2D eigenvalue weighted by Gasteiger charge is 2.36. The SMILES string of the molecule is CS(=O)(=O)c1c(F)cc(C2(CN)CCCC2)cc1F. The van der Waals surface area contributed by atoms with Crippen LogP contribution in [0.3, 0.4) is 0 Å². The Labute approximate surface area is 111 Å². The Morgan fingerprint density at radius 3 is 2.05 bits per heavy atom. The van der Waals surface area contributed by atoms with E-state index in [1.807, 2.05) is 0 Å². The fourth-order valence-electron chi connectivity index (χ4n) is 2.88. The van der Waals surface area contributed by atoms with Crippen molar-refractivity contribution >= 4 is 9.84 Å². The van der Waals surface area contributed by atoms with E-state index in [0.29, 0.717) is 12.1 Å². The van der Waals surface area contributed by atoms with Gasteiger partial charge < -0.3 is 5.73 Å². The molecule has 0 aromatic heterocycles. The summed E-state index contributed by atoms with van der Waals surface area (Å²) in [5, 5.41) is 0. The van der Waals surface area contributed by atoms with Gasteiger partial charge in [-0.3, -0.25) is 0 Å². The largest absolute Gasteiger partial charge is 0.330 e. The molecule has 19 heavy (non-hydrogen) atoms. The van der Waals surface area contributed by atoms with E-state index in [4.69, 9.17) is 5.73 Å². The van der Waals surface area contributed by atoms with Crippen molar-refractivity contribution in [1.29, 1.82) is 0 Å². The van der Waals surface area contributed by atoms with Gasteiger partial charge in [-0.05, 0) is 30.5 Å². The highest BCUT2D eigenvalue weighted by Crippen LogP contribution is 2.41. The van der Waals surface area contributed by atoms with Gasteiger partial charge in [-0.25, -0.2) is 17.2 Å². The van der Waals surface area contributed by atoms with E-state index in [0.717, 1.165) is 44.1 Å². The van der Waals surface area contributed by atoms with Gasteiger partial charge in [0.05, 0.1) is 0 Å². The molecular formula is C13H17F2NO2S. The number of rotatable bonds is 3. The quantitative estimate of drug-likeness (QED) is 0.927. The van der Waals surface area contributed by atoms with Crippen molar-refractivity contribution in [2.24, 2.45) is 5.73 Å². The molecule has 0 bridgehead atoms. The Bertz CT molecular complexity index is 570. The van der Waals surface area contributed by atoms with Crippen LogP contribution in [0.15, 0.2) is 17.0 Å². The van der Waals surface area contributed by atoms with Crippen LogP contribution in [0.4, 0.5) is 8.78 Å². The predicted molar refractivity (Wildman–Crippen MR) is 68.7 cm³/mol. The van der Waals surface area contributed by atoms with Crippen molar-refractivity contribution in [1.82, 2.24) is 0 Å². The second-order valence-corrected chi connectivity index (χ2v) is 7.19. The lowest BCUT2D eigenvalue weighted by Crippen LogP contribution is -2.32. The van der Waals surface area contributed by atoms with E-state index in [2.05, 4.69) is 0 Å². The van der Waals surface area contributed by atoms with E-state index in [9.17, 15) is 17.2 Å². The molecule has 1 aromatic rings. The van der Waals surface area contributed by atoms with Crippen LogP contribution in [-0.4, -0.2) is 21.2 Å². The number of hydrogen-bond acceptors (Lipinski definition) is 3. The van der Waals surface area contributed by atoms with E-state index in [1.165, 1.54) is 0 Å². The fourth-order valence-corrected chi connectivity index (χ4v) is 3.71. The average Bonchev–Trinajstić information content (AvgIpc) is 2.75. The molecule has 3 nitrogen and oxygen atoms in total. The molecule has 0 amide bonds. The van der Waals surface area contributed by atoms with Crippen molar-refractivity contribution < 1.29 is 17.2 Å². The fraction of sp³-hybridized carbons (Fsp3) is 0.538. The number of hydrogen-bond donors (Lipinski definition) is 1. The summed E-state index contributed by atoms with van der Waals surface area (Å²) in [6, 6.07) is 2.25. The summed E-state index contributed by atoms with van der Waals surface area (Å²) in [5.41, 5.74) is 5.81. The first-order chi connectivity index (χ1) is 8.80. The summed E-state index contributed by atoms with van der Waals surface area (Å²) in [4.78, 5) is -0.860. The minimum absolute atomic E-state index is 0.310. The molecule has 2 rings (SSSR count). The van der Waals surface area contributed by atoms with Crippen LogP contribution in [0.25, 0.3) is 0 Å². The van der Waals surface area contributed by atoms with Gasteiger partial charge >= 0.3 is 0 Å². The zero-order valence-corrected chi connectivity index (χ0v) is 11.6. The van der Waals surface area contributed by atoms with Crippen LogP contribution < -0.4 is 5.73 Å². The second kappa shape index (κ2) is 4.83. The van der Waals surface area contributed by atoms with Crippen molar-refractivity contribution in [2.75, 3.05) is 12.8 Å². The van der Waals surface area contributed by atoms with Gasteiger partial charge in [-0.1, -0.05) is 12.8 Å². The van der Waals surface area contributed by atoms with Crippen LogP contribution in [-0.2, 0) is 15.3 Å².